The van der Waals surface area contributed by atoms with E-state index in [0.29, 0.717) is 16.1 Å². The Labute approximate surface area is 140 Å². The summed E-state index contributed by atoms with van der Waals surface area (Å²) in [7, 11) is 0. The lowest BCUT2D eigenvalue weighted by molar-refractivity contribution is -0.115. The van der Waals surface area contributed by atoms with Crippen molar-refractivity contribution in [2.24, 2.45) is 0 Å². The van der Waals surface area contributed by atoms with Crippen molar-refractivity contribution in [1.82, 2.24) is 4.98 Å². The molecule has 1 aromatic heterocycles. The molecule has 0 aliphatic heterocycles. The van der Waals surface area contributed by atoms with Gasteiger partial charge in [-0.25, -0.2) is 9.37 Å². The molecule has 4 nitrogen and oxygen atoms in total. The minimum atomic E-state index is -0.502. The largest absolute Gasteiger partial charge is 0.444 e. The van der Waals surface area contributed by atoms with E-state index >= 15 is 0 Å². The van der Waals surface area contributed by atoms with Crippen LogP contribution in [0.5, 0.6) is 0 Å². The average Bonchev–Trinajstić information content (AvgIpc) is 2.99. The quantitative estimate of drug-likeness (QED) is 0.734. The Morgan fingerprint density at radius 2 is 2.00 bits per heavy atom. The zero-order valence-corrected chi connectivity index (χ0v) is 13.5. The van der Waals surface area contributed by atoms with Crippen LogP contribution in [0.4, 0.5) is 10.1 Å². The maximum absolute atomic E-state index is 13.7. The van der Waals surface area contributed by atoms with Crippen molar-refractivity contribution in [1.29, 1.82) is 0 Å². The van der Waals surface area contributed by atoms with Crippen molar-refractivity contribution in [2.45, 2.75) is 6.42 Å². The third kappa shape index (κ3) is 3.84. The Morgan fingerprint density at radius 1 is 1.22 bits per heavy atom. The summed E-state index contributed by atoms with van der Waals surface area (Å²) < 4.78 is 19.7. The van der Waals surface area contributed by atoms with Crippen LogP contribution in [0.2, 0.25) is 0 Å². The number of hydrogen-bond acceptors (Lipinski definition) is 3. The number of nitrogens with zero attached hydrogens (tertiary/aromatic N) is 1. The van der Waals surface area contributed by atoms with Gasteiger partial charge in [-0.1, -0.05) is 34.1 Å². The second-order valence-electron chi connectivity index (χ2n) is 4.86. The van der Waals surface area contributed by atoms with Crippen molar-refractivity contribution in [3.8, 4) is 11.5 Å². The smallest absolute Gasteiger partial charge is 0.230 e. The van der Waals surface area contributed by atoms with Crippen LogP contribution in [-0.2, 0) is 11.2 Å². The Morgan fingerprint density at radius 3 is 2.74 bits per heavy atom. The topological polar surface area (TPSA) is 55.1 Å². The summed E-state index contributed by atoms with van der Waals surface area (Å²) in [6.07, 6.45) is 1.44. The van der Waals surface area contributed by atoms with Crippen molar-refractivity contribution < 1.29 is 13.6 Å². The number of rotatable bonds is 4. The third-order valence-electron chi connectivity index (χ3n) is 3.12. The number of nitrogens with one attached hydrogen (secondary N) is 1. The van der Waals surface area contributed by atoms with Crippen LogP contribution in [-0.4, -0.2) is 10.9 Å². The normalized spacial score (nSPS) is 10.5. The van der Waals surface area contributed by atoms with Gasteiger partial charge in [0, 0.05) is 10.0 Å². The van der Waals surface area contributed by atoms with Gasteiger partial charge in [0.05, 0.1) is 17.8 Å². The molecule has 116 valence electrons. The summed E-state index contributed by atoms with van der Waals surface area (Å²) >= 11 is 3.17. The molecule has 0 spiro atoms. The van der Waals surface area contributed by atoms with Gasteiger partial charge in [-0.3, -0.25) is 4.79 Å². The molecule has 3 aromatic rings. The Bertz CT molecular complexity index is 834. The van der Waals surface area contributed by atoms with Gasteiger partial charge in [-0.05, 0) is 30.3 Å². The summed E-state index contributed by atoms with van der Waals surface area (Å²) in [4.78, 5) is 16.3. The molecule has 23 heavy (non-hydrogen) atoms. The molecule has 2 aromatic carbocycles. The molecule has 0 aliphatic rings. The van der Waals surface area contributed by atoms with Crippen LogP contribution in [0, 0.1) is 5.82 Å². The molecule has 6 heteroatoms. The fourth-order valence-corrected chi connectivity index (χ4v) is 2.38. The highest BCUT2D eigenvalue weighted by Crippen LogP contribution is 2.20. The highest BCUT2D eigenvalue weighted by molar-refractivity contribution is 9.10. The number of aromatic nitrogens is 1. The van der Waals surface area contributed by atoms with Gasteiger partial charge in [0.2, 0.25) is 11.8 Å². The maximum atomic E-state index is 13.7. The molecule has 0 radical (unpaired) electrons. The Hall–Kier alpha value is -2.47. The molecule has 0 saturated carbocycles. The number of oxazole rings is 1. The molecule has 0 atom stereocenters. The lowest BCUT2D eigenvalue weighted by Gasteiger charge is -2.05. The van der Waals surface area contributed by atoms with Gasteiger partial charge in [-0.2, -0.15) is 0 Å². The zero-order chi connectivity index (χ0) is 16.2. The fraction of sp³-hybridized carbons (Fsp3) is 0.0588. The van der Waals surface area contributed by atoms with Crippen LogP contribution < -0.4 is 5.32 Å². The zero-order valence-electron chi connectivity index (χ0n) is 11.9. The van der Waals surface area contributed by atoms with E-state index < -0.39 is 5.82 Å². The number of benzene rings is 2. The molecule has 0 fully saturated rings. The van der Waals surface area contributed by atoms with E-state index in [4.69, 9.17) is 4.42 Å². The fourth-order valence-electron chi connectivity index (χ4n) is 2.05. The van der Waals surface area contributed by atoms with Crippen LogP contribution in [0.25, 0.3) is 11.5 Å². The summed E-state index contributed by atoms with van der Waals surface area (Å²) in [5.74, 6) is -0.416. The number of amides is 1. The van der Waals surface area contributed by atoms with E-state index in [0.717, 1.165) is 5.56 Å². The highest BCUT2D eigenvalue weighted by atomic mass is 79.9. The van der Waals surface area contributed by atoms with E-state index in [2.05, 4.69) is 26.2 Å². The standard InChI is InChI=1S/C17H12BrFN2O2/c18-12-6-7-15(14(19)8-12)21-16(22)9-13-10-23-17(20-13)11-4-2-1-3-5-11/h1-8,10H,9H2,(H,21,22). The van der Waals surface area contributed by atoms with Crippen molar-refractivity contribution in [3.05, 3.63) is 70.8 Å². The lowest BCUT2D eigenvalue weighted by atomic mass is 10.2. The predicted molar refractivity (Wildman–Crippen MR) is 88.4 cm³/mol. The molecule has 0 bridgehead atoms. The minimum absolute atomic E-state index is 0.00579. The summed E-state index contributed by atoms with van der Waals surface area (Å²) in [5.41, 5.74) is 1.45. The van der Waals surface area contributed by atoms with Gasteiger partial charge in [0.1, 0.15) is 12.1 Å². The van der Waals surface area contributed by atoms with E-state index in [1.54, 1.807) is 6.07 Å². The van der Waals surface area contributed by atoms with Crippen molar-refractivity contribution in [3.63, 3.8) is 0 Å². The van der Waals surface area contributed by atoms with Gasteiger partial charge in [-0.15, -0.1) is 0 Å². The van der Waals surface area contributed by atoms with E-state index in [1.165, 1.54) is 18.4 Å². The first-order chi connectivity index (χ1) is 11.1. The van der Waals surface area contributed by atoms with Gasteiger partial charge in [0.25, 0.3) is 0 Å². The molecule has 0 saturated heterocycles. The van der Waals surface area contributed by atoms with E-state index in [-0.39, 0.29) is 18.0 Å². The Balaban J connectivity index is 1.68. The number of carbonyl (C=O) groups is 1. The maximum Gasteiger partial charge on any atom is 0.230 e. The van der Waals surface area contributed by atoms with E-state index in [9.17, 15) is 9.18 Å². The predicted octanol–water partition coefficient (Wildman–Crippen LogP) is 4.42. The van der Waals surface area contributed by atoms with Crippen LogP contribution in [0.15, 0.2) is 63.7 Å². The van der Waals surface area contributed by atoms with Crippen LogP contribution >= 0.6 is 15.9 Å². The third-order valence-corrected chi connectivity index (χ3v) is 3.61. The molecule has 3 rings (SSSR count). The first-order valence-electron chi connectivity index (χ1n) is 6.86. The number of anilines is 1. The van der Waals surface area contributed by atoms with Gasteiger partial charge in [0.15, 0.2) is 0 Å². The molecule has 0 unspecified atom stereocenters. The first kappa shape index (κ1) is 15.4. The number of hydrogen-bond donors (Lipinski definition) is 1. The summed E-state index contributed by atoms with van der Waals surface area (Å²) in [5, 5.41) is 2.52. The lowest BCUT2D eigenvalue weighted by Crippen LogP contribution is -2.15. The minimum Gasteiger partial charge on any atom is -0.444 e. The Kier molecular flexibility index (Phi) is 4.52. The second kappa shape index (κ2) is 6.75. The summed E-state index contributed by atoms with van der Waals surface area (Å²) in [6, 6.07) is 13.8. The summed E-state index contributed by atoms with van der Waals surface area (Å²) in [6.45, 7) is 0. The van der Waals surface area contributed by atoms with Gasteiger partial charge < -0.3 is 9.73 Å². The number of halogens is 2. The first-order valence-corrected chi connectivity index (χ1v) is 7.66. The molecule has 1 amide bonds. The van der Waals surface area contributed by atoms with Crippen molar-refractivity contribution >= 4 is 27.5 Å². The average molecular weight is 375 g/mol. The van der Waals surface area contributed by atoms with Crippen LogP contribution in [0.3, 0.4) is 0 Å². The highest BCUT2D eigenvalue weighted by Gasteiger charge is 2.12. The SMILES string of the molecule is O=C(Cc1coc(-c2ccccc2)n1)Nc1ccc(Br)cc1F. The molecule has 0 aliphatic carbocycles. The second-order valence-corrected chi connectivity index (χ2v) is 5.77. The molecular formula is C17H12BrFN2O2. The monoisotopic (exact) mass is 374 g/mol. The van der Waals surface area contributed by atoms with Gasteiger partial charge >= 0.3 is 0 Å². The molecular weight excluding hydrogens is 363 g/mol. The molecule has 1 heterocycles. The van der Waals surface area contributed by atoms with Crippen LogP contribution in [0.1, 0.15) is 5.69 Å². The molecule has 1 N–H and O–H groups in total. The number of carbonyl (C=O) groups excluding carboxylic acids is 1. The van der Waals surface area contributed by atoms with E-state index in [1.807, 2.05) is 30.3 Å². The van der Waals surface area contributed by atoms with Crippen molar-refractivity contribution in [2.75, 3.05) is 5.32 Å².